The average molecular weight is 353 g/mol. The molecule has 1 N–H and O–H groups in total. The Labute approximate surface area is 155 Å². The van der Waals surface area contributed by atoms with E-state index in [1.807, 2.05) is 36.9 Å². The van der Waals surface area contributed by atoms with Crippen LogP contribution in [0.3, 0.4) is 0 Å². The van der Waals surface area contributed by atoms with Crippen LogP contribution >= 0.6 is 0 Å². The van der Waals surface area contributed by atoms with Crippen molar-refractivity contribution < 1.29 is 4.79 Å². The van der Waals surface area contributed by atoms with Crippen molar-refractivity contribution in [3.05, 3.63) is 52.8 Å². The molecule has 0 bridgehead atoms. The molecule has 1 aromatic heterocycles. The fourth-order valence-corrected chi connectivity index (χ4v) is 3.51. The number of nitrogens with one attached hydrogen (secondary N) is 1. The lowest BCUT2D eigenvalue weighted by Crippen LogP contribution is -2.45. The van der Waals surface area contributed by atoms with E-state index in [9.17, 15) is 4.79 Å². The van der Waals surface area contributed by atoms with Gasteiger partial charge in [0.15, 0.2) is 0 Å². The Hall–Kier alpha value is -2.63. The van der Waals surface area contributed by atoms with Gasteiger partial charge in [0.2, 0.25) is 5.95 Å². The molecule has 6 heteroatoms. The van der Waals surface area contributed by atoms with Gasteiger partial charge in [0, 0.05) is 26.3 Å². The van der Waals surface area contributed by atoms with E-state index in [4.69, 9.17) is 0 Å². The molecule has 0 radical (unpaired) electrons. The predicted octanol–water partition coefficient (Wildman–Crippen LogP) is 3.07. The molecule has 2 aromatic rings. The van der Waals surface area contributed by atoms with E-state index in [-0.39, 0.29) is 12.1 Å². The second kappa shape index (κ2) is 7.72. The summed E-state index contributed by atoms with van der Waals surface area (Å²) in [5, 5.41) is 3.04. The van der Waals surface area contributed by atoms with Crippen LogP contribution in [-0.4, -0.2) is 41.5 Å². The van der Waals surface area contributed by atoms with Gasteiger partial charge in [-0.3, -0.25) is 0 Å². The fraction of sp³-hybridized carbons (Fsp3) is 0.450. The summed E-state index contributed by atoms with van der Waals surface area (Å²) in [6.07, 6.45) is 1.80. The van der Waals surface area contributed by atoms with Crippen molar-refractivity contribution in [1.82, 2.24) is 20.2 Å². The van der Waals surface area contributed by atoms with E-state index in [1.54, 1.807) is 0 Å². The molecule has 138 valence electrons. The number of rotatable bonds is 4. The van der Waals surface area contributed by atoms with E-state index in [0.717, 1.165) is 30.8 Å². The molecule has 1 atom stereocenters. The number of amides is 2. The number of aromatic nitrogens is 2. The summed E-state index contributed by atoms with van der Waals surface area (Å²) < 4.78 is 0. The summed E-state index contributed by atoms with van der Waals surface area (Å²) in [5.74, 6) is 0.660. The molecule has 0 saturated heterocycles. The Morgan fingerprint density at radius 1 is 1.31 bits per heavy atom. The number of carbonyl (C=O) groups excluding carboxylic acids is 1. The fourth-order valence-electron chi connectivity index (χ4n) is 3.51. The van der Waals surface area contributed by atoms with Crippen LogP contribution in [0.1, 0.15) is 41.9 Å². The summed E-state index contributed by atoms with van der Waals surface area (Å²) in [6.45, 7) is 5.21. The van der Waals surface area contributed by atoms with Crippen LogP contribution in [0, 0.1) is 6.92 Å². The van der Waals surface area contributed by atoms with E-state index >= 15 is 0 Å². The Bertz CT molecular complexity index is 790. The van der Waals surface area contributed by atoms with Crippen LogP contribution < -0.4 is 10.2 Å². The molecule has 2 amide bonds. The minimum atomic E-state index is -0.0333. The second-order valence-electron chi connectivity index (χ2n) is 6.92. The van der Waals surface area contributed by atoms with Gasteiger partial charge in [0.05, 0.1) is 18.3 Å². The number of hydrogen-bond donors (Lipinski definition) is 1. The predicted molar refractivity (Wildman–Crippen MR) is 103 cm³/mol. The second-order valence-corrected chi connectivity index (χ2v) is 6.92. The van der Waals surface area contributed by atoms with Crippen LogP contribution in [0.2, 0.25) is 0 Å². The van der Waals surface area contributed by atoms with E-state index in [2.05, 4.69) is 46.5 Å². The van der Waals surface area contributed by atoms with Crippen molar-refractivity contribution in [2.24, 2.45) is 0 Å². The van der Waals surface area contributed by atoms with E-state index < -0.39 is 0 Å². The van der Waals surface area contributed by atoms with Crippen molar-refractivity contribution in [1.29, 1.82) is 0 Å². The first-order valence-electron chi connectivity index (χ1n) is 9.13. The van der Waals surface area contributed by atoms with Crippen LogP contribution in [-0.2, 0) is 13.0 Å². The van der Waals surface area contributed by atoms with Crippen LogP contribution in [0.25, 0.3) is 0 Å². The molecule has 3 rings (SSSR count). The summed E-state index contributed by atoms with van der Waals surface area (Å²) in [6, 6.07) is 10.4. The maximum atomic E-state index is 12.8. The maximum Gasteiger partial charge on any atom is 0.318 e. The number of fused-ring (bicyclic) bond motifs is 1. The number of carbonyl (C=O) groups is 1. The van der Waals surface area contributed by atoms with Crippen molar-refractivity contribution in [2.45, 2.75) is 39.3 Å². The van der Waals surface area contributed by atoms with Crippen molar-refractivity contribution >= 4 is 12.0 Å². The highest BCUT2D eigenvalue weighted by Gasteiger charge is 2.29. The number of anilines is 1. The van der Waals surface area contributed by atoms with Gasteiger partial charge in [-0.15, -0.1) is 0 Å². The third-order valence-corrected chi connectivity index (χ3v) is 4.78. The molecular weight excluding hydrogens is 326 g/mol. The zero-order chi connectivity index (χ0) is 18.7. The number of nitrogens with zero attached hydrogens (tertiary/aromatic N) is 4. The van der Waals surface area contributed by atoms with Crippen LogP contribution in [0.15, 0.2) is 30.3 Å². The van der Waals surface area contributed by atoms with Gasteiger partial charge in [0.25, 0.3) is 0 Å². The summed E-state index contributed by atoms with van der Waals surface area (Å²) in [4.78, 5) is 25.5. The number of aryl methyl sites for hydroxylation is 1. The highest BCUT2D eigenvalue weighted by molar-refractivity contribution is 5.75. The van der Waals surface area contributed by atoms with Gasteiger partial charge in [-0.05, 0) is 37.0 Å². The molecule has 0 saturated carbocycles. The summed E-state index contributed by atoms with van der Waals surface area (Å²) >= 11 is 0. The van der Waals surface area contributed by atoms with Crippen LogP contribution in [0.5, 0.6) is 0 Å². The van der Waals surface area contributed by atoms with Gasteiger partial charge in [-0.1, -0.05) is 31.2 Å². The van der Waals surface area contributed by atoms with E-state index in [0.29, 0.717) is 12.5 Å². The standard InChI is InChI=1S/C20H27N5O/c1-5-18-17-9-7-6-8-15(17)10-11-25(18)20(26)21-13-16-12-14(2)22-19(23-16)24(3)4/h6-9,12,18H,5,10-11,13H2,1-4H3,(H,21,26)/t18-/m1/s1. The zero-order valence-corrected chi connectivity index (χ0v) is 16.0. The molecule has 0 unspecified atom stereocenters. The normalized spacial score (nSPS) is 16.2. The Morgan fingerprint density at radius 3 is 2.81 bits per heavy atom. The highest BCUT2D eigenvalue weighted by atomic mass is 16.2. The zero-order valence-electron chi connectivity index (χ0n) is 16.0. The molecule has 26 heavy (non-hydrogen) atoms. The van der Waals surface area contributed by atoms with Crippen LogP contribution in [0.4, 0.5) is 10.7 Å². The molecule has 1 aliphatic heterocycles. The molecule has 0 fully saturated rings. The first kappa shape index (κ1) is 18.2. The average Bonchev–Trinajstić information content (AvgIpc) is 2.64. The monoisotopic (exact) mass is 353 g/mol. The van der Waals surface area contributed by atoms with Gasteiger partial charge in [-0.2, -0.15) is 0 Å². The SMILES string of the molecule is CC[C@@H]1c2ccccc2CCN1C(=O)NCc1cc(C)nc(N(C)C)n1. The lowest BCUT2D eigenvalue weighted by Gasteiger charge is -2.37. The quantitative estimate of drug-likeness (QED) is 0.918. The highest BCUT2D eigenvalue weighted by Crippen LogP contribution is 2.31. The number of benzene rings is 1. The molecule has 2 heterocycles. The minimum Gasteiger partial charge on any atom is -0.347 e. The molecule has 6 nitrogen and oxygen atoms in total. The Morgan fingerprint density at radius 2 is 2.08 bits per heavy atom. The largest absolute Gasteiger partial charge is 0.347 e. The third kappa shape index (κ3) is 3.79. The topological polar surface area (TPSA) is 61.4 Å². The molecule has 0 aliphatic carbocycles. The minimum absolute atomic E-state index is 0.0333. The van der Waals surface area contributed by atoms with Gasteiger partial charge in [0.1, 0.15) is 0 Å². The molecule has 1 aliphatic rings. The lowest BCUT2D eigenvalue weighted by atomic mass is 9.91. The Balaban J connectivity index is 1.71. The first-order chi connectivity index (χ1) is 12.5. The van der Waals surface area contributed by atoms with E-state index in [1.165, 1.54) is 11.1 Å². The number of hydrogen-bond acceptors (Lipinski definition) is 4. The van der Waals surface area contributed by atoms with Crippen molar-refractivity contribution in [2.75, 3.05) is 25.5 Å². The van der Waals surface area contributed by atoms with Gasteiger partial charge < -0.3 is 15.1 Å². The van der Waals surface area contributed by atoms with Gasteiger partial charge >= 0.3 is 6.03 Å². The third-order valence-electron chi connectivity index (χ3n) is 4.78. The summed E-state index contributed by atoms with van der Waals surface area (Å²) in [7, 11) is 3.82. The maximum absolute atomic E-state index is 12.8. The van der Waals surface area contributed by atoms with Crippen molar-refractivity contribution in [3.8, 4) is 0 Å². The molecule has 1 aromatic carbocycles. The van der Waals surface area contributed by atoms with Gasteiger partial charge in [-0.25, -0.2) is 14.8 Å². The molecular formula is C20H27N5O. The first-order valence-corrected chi connectivity index (χ1v) is 9.13. The number of urea groups is 1. The lowest BCUT2D eigenvalue weighted by molar-refractivity contribution is 0.166. The Kier molecular flexibility index (Phi) is 5.40. The smallest absolute Gasteiger partial charge is 0.318 e. The molecule has 0 spiro atoms. The van der Waals surface area contributed by atoms with Crippen molar-refractivity contribution in [3.63, 3.8) is 0 Å². The summed E-state index contributed by atoms with van der Waals surface area (Å²) in [5.41, 5.74) is 4.33.